The van der Waals surface area contributed by atoms with Gasteiger partial charge in [-0.15, -0.1) is 0 Å². The summed E-state index contributed by atoms with van der Waals surface area (Å²) in [6, 6.07) is 27.5. The fourth-order valence-corrected chi connectivity index (χ4v) is 3.34. The predicted octanol–water partition coefficient (Wildman–Crippen LogP) is 6.00. The Morgan fingerprint density at radius 1 is 0.839 bits per heavy atom. The van der Waals surface area contributed by atoms with Crippen molar-refractivity contribution in [3.63, 3.8) is 0 Å². The van der Waals surface area contributed by atoms with E-state index in [9.17, 15) is 0 Å². The molecule has 0 aliphatic rings. The maximum absolute atomic E-state index is 8.91. The Morgan fingerprint density at radius 2 is 1.71 bits per heavy atom. The highest BCUT2D eigenvalue weighted by Crippen LogP contribution is 2.21. The van der Waals surface area contributed by atoms with Crippen LogP contribution in [0.4, 0.5) is 0 Å². The van der Waals surface area contributed by atoms with Crippen molar-refractivity contribution in [2.24, 2.45) is 0 Å². The van der Waals surface area contributed by atoms with Crippen molar-refractivity contribution in [3.05, 3.63) is 102 Å². The number of aromatic nitrogens is 2. The SMILES string of the molecule is N#Cc1nc2ccc(C=Cc3cccc(OCc4ccc5ccccc5n4)c3)cc2o1. The zero-order valence-electron chi connectivity index (χ0n) is 16.5. The Hall–Kier alpha value is -4.43. The number of nitriles is 1. The quantitative estimate of drug-likeness (QED) is 0.337. The van der Waals surface area contributed by atoms with E-state index in [-0.39, 0.29) is 5.89 Å². The van der Waals surface area contributed by atoms with E-state index < -0.39 is 0 Å². The molecule has 31 heavy (non-hydrogen) atoms. The lowest BCUT2D eigenvalue weighted by atomic mass is 10.1. The van der Waals surface area contributed by atoms with Crippen LogP contribution in [0.2, 0.25) is 0 Å². The van der Waals surface area contributed by atoms with Crippen LogP contribution >= 0.6 is 0 Å². The number of pyridine rings is 1. The van der Waals surface area contributed by atoms with Gasteiger partial charge in [0.25, 0.3) is 0 Å². The highest BCUT2D eigenvalue weighted by molar-refractivity contribution is 5.80. The molecular weight excluding hydrogens is 386 g/mol. The van der Waals surface area contributed by atoms with Crippen LogP contribution in [0.25, 0.3) is 34.2 Å². The second-order valence-electron chi connectivity index (χ2n) is 7.05. The van der Waals surface area contributed by atoms with Gasteiger partial charge >= 0.3 is 5.89 Å². The zero-order chi connectivity index (χ0) is 21.0. The van der Waals surface area contributed by atoms with E-state index >= 15 is 0 Å². The third kappa shape index (κ3) is 4.14. The molecule has 2 aromatic heterocycles. The molecule has 5 nitrogen and oxygen atoms in total. The highest BCUT2D eigenvalue weighted by Gasteiger charge is 2.05. The average Bonchev–Trinajstić information content (AvgIpc) is 3.24. The first-order valence-electron chi connectivity index (χ1n) is 9.83. The minimum Gasteiger partial charge on any atom is -0.487 e. The fourth-order valence-electron chi connectivity index (χ4n) is 3.34. The van der Waals surface area contributed by atoms with Crippen LogP contribution in [0.15, 0.2) is 83.3 Å². The second kappa shape index (κ2) is 8.13. The molecule has 5 aromatic rings. The van der Waals surface area contributed by atoms with Crippen LogP contribution in [-0.4, -0.2) is 9.97 Å². The molecule has 0 unspecified atom stereocenters. The molecule has 2 heterocycles. The van der Waals surface area contributed by atoms with Gasteiger partial charge in [-0.25, -0.2) is 4.98 Å². The first-order chi connectivity index (χ1) is 15.3. The molecule has 5 heteroatoms. The molecule has 0 amide bonds. The lowest BCUT2D eigenvalue weighted by Crippen LogP contribution is -1.98. The minimum absolute atomic E-state index is 0.0712. The van der Waals surface area contributed by atoms with Gasteiger partial charge in [0.05, 0.1) is 11.2 Å². The van der Waals surface area contributed by atoms with E-state index in [0.717, 1.165) is 33.5 Å². The average molecular weight is 403 g/mol. The number of fused-ring (bicyclic) bond motifs is 2. The summed E-state index contributed by atoms with van der Waals surface area (Å²) in [5.41, 5.74) is 5.09. The Bertz CT molecular complexity index is 1460. The van der Waals surface area contributed by atoms with Crippen molar-refractivity contribution in [1.82, 2.24) is 9.97 Å². The monoisotopic (exact) mass is 403 g/mol. The summed E-state index contributed by atoms with van der Waals surface area (Å²) >= 11 is 0. The molecule has 0 aliphatic carbocycles. The van der Waals surface area contributed by atoms with Crippen molar-refractivity contribution in [1.29, 1.82) is 5.26 Å². The van der Waals surface area contributed by atoms with Gasteiger partial charge in [0.2, 0.25) is 0 Å². The molecule has 0 fully saturated rings. The summed E-state index contributed by atoms with van der Waals surface area (Å²) < 4.78 is 11.4. The summed E-state index contributed by atoms with van der Waals surface area (Å²) in [5.74, 6) is 0.850. The van der Waals surface area contributed by atoms with E-state index in [1.807, 2.05) is 91.0 Å². The summed E-state index contributed by atoms with van der Waals surface area (Å²) in [6.45, 7) is 0.404. The standard InChI is InChI=1S/C26H17N3O2/c27-16-26-29-24-13-10-19(15-25(24)31-26)9-8-18-4-3-6-22(14-18)30-17-21-12-11-20-5-1-2-7-23(20)28-21/h1-15H,17H2. The summed E-state index contributed by atoms with van der Waals surface area (Å²) in [7, 11) is 0. The number of ether oxygens (including phenoxy) is 1. The number of oxazole rings is 1. The van der Waals surface area contributed by atoms with E-state index in [1.54, 1.807) is 0 Å². The van der Waals surface area contributed by atoms with Crippen LogP contribution < -0.4 is 4.74 Å². The normalized spacial score (nSPS) is 11.2. The molecule has 3 aromatic carbocycles. The number of hydrogen-bond donors (Lipinski definition) is 0. The van der Waals surface area contributed by atoms with Gasteiger partial charge in [0, 0.05) is 5.39 Å². The smallest absolute Gasteiger partial charge is 0.301 e. The van der Waals surface area contributed by atoms with Gasteiger partial charge in [-0.3, -0.25) is 0 Å². The van der Waals surface area contributed by atoms with Crippen molar-refractivity contribution in [3.8, 4) is 11.8 Å². The molecule has 0 saturated carbocycles. The third-order valence-electron chi connectivity index (χ3n) is 4.88. The maximum atomic E-state index is 8.91. The van der Waals surface area contributed by atoms with Crippen molar-refractivity contribution < 1.29 is 9.15 Å². The molecular formula is C26H17N3O2. The summed E-state index contributed by atoms with van der Waals surface area (Å²) in [4.78, 5) is 8.74. The van der Waals surface area contributed by atoms with Crippen LogP contribution in [-0.2, 0) is 6.61 Å². The fraction of sp³-hybridized carbons (Fsp3) is 0.0385. The number of hydrogen-bond acceptors (Lipinski definition) is 5. The molecule has 0 atom stereocenters. The number of benzene rings is 3. The lowest BCUT2D eigenvalue weighted by Gasteiger charge is -2.07. The van der Waals surface area contributed by atoms with Gasteiger partial charge in [-0.2, -0.15) is 10.2 Å². The van der Waals surface area contributed by atoms with Crippen LogP contribution in [0.1, 0.15) is 22.7 Å². The maximum Gasteiger partial charge on any atom is 0.301 e. The highest BCUT2D eigenvalue weighted by atomic mass is 16.5. The van der Waals surface area contributed by atoms with Crippen LogP contribution in [0.3, 0.4) is 0 Å². The second-order valence-corrected chi connectivity index (χ2v) is 7.05. The first-order valence-corrected chi connectivity index (χ1v) is 9.83. The van der Waals surface area contributed by atoms with E-state index in [0.29, 0.717) is 17.7 Å². The van der Waals surface area contributed by atoms with Crippen LogP contribution in [0, 0.1) is 11.3 Å². The van der Waals surface area contributed by atoms with Crippen LogP contribution in [0.5, 0.6) is 5.75 Å². The van der Waals surface area contributed by atoms with Gasteiger partial charge in [0.15, 0.2) is 11.7 Å². The molecule has 0 bridgehead atoms. The Balaban J connectivity index is 1.29. The van der Waals surface area contributed by atoms with Gasteiger partial charge in [-0.05, 0) is 47.5 Å². The first kappa shape index (κ1) is 18.6. The molecule has 5 rings (SSSR count). The lowest BCUT2D eigenvalue weighted by molar-refractivity contribution is 0.302. The van der Waals surface area contributed by atoms with Gasteiger partial charge in [0.1, 0.15) is 17.9 Å². The molecule has 0 spiro atoms. The van der Waals surface area contributed by atoms with Gasteiger partial charge in [-0.1, -0.05) is 54.6 Å². The predicted molar refractivity (Wildman–Crippen MR) is 120 cm³/mol. The number of para-hydroxylation sites is 1. The Morgan fingerprint density at radius 3 is 2.61 bits per heavy atom. The Labute approximate surface area is 178 Å². The zero-order valence-corrected chi connectivity index (χ0v) is 16.5. The summed E-state index contributed by atoms with van der Waals surface area (Å²) in [5, 5.41) is 10.0. The molecule has 148 valence electrons. The number of nitrogens with zero attached hydrogens (tertiary/aromatic N) is 3. The van der Waals surface area contributed by atoms with Crippen molar-refractivity contribution in [2.75, 3.05) is 0 Å². The topological polar surface area (TPSA) is 71.9 Å². The largest absolute Gasteiger partial charge is 0.487 e. The minimum atomic E-state index is 0.0712. The van der Waals surface area contributed by atoms with Crippen molar-refractivity contribution in [2.45, 2.75) is 6.61 Å². The third-order valence-corrected chi connectivity index (χ3v) is 4.88. The summed E-state index contributed by atoms with van der Waals surface area (Å²) in [6.07, 6.45) is 3.99. The van der Waals surface area contributed by atoms with E-state index in [1.165, 1.54) is 0 Å². The van der Waals surface area contributed by atoms with Gasteiger partial charge < -0.3 is 9.15 Å². The Kier molecular flexibility index (Phi) is 4.88. The molecule has 0 radical (unpaired) electrons. The molecule has 0 saturated heterocycles. The molecule has 0 N–H and O–H groups in total. The number of rotatable bonds is 5. The van der Waals surface area contributed by atoms with E-state index in [2.05, 4.69) is 16.0 Å². The van der Waals surface area contributed by atoms with E-state index in [4.69, 9.17) is 14.4 Å². The molecule has 0 aliphatic heterocycles. The van der Waals surface area contributed by atoms with Crippen molar-refractivity contribution >= 4 is 34.2 Å².